The molecule has 1 unspecified atom stereocenters. The van der Waals surface area contributed by atoms with Crippen LogP contribution in [0.15, 0.2) is 73.1 Å². The van der Waals surface area contributed by atoms with Crippen LogP contribution < -0.4 is 10.5 Å². The molecule has 5 rings (SSSR count). The van der Waals surface area contributed by atoms with Gasteiger partial charge < -0.3 is 24.8 Å². The van der Waals surface area contributed by atoms with Crippen molar-refractivity contribution in [3.05, 3.63) is 78.8 Å². The number of amides is 1. The highest BCUT2D eigenvalue weighted by Crippen LogP contribution is 2.39. The van der Waals surface area contributed by atoms with Crippen LogP contribution in [-0.2, 0) is 4.79 Å². The van der Waals surface area contributed by atoms with E-state index in [0.29, 0.717) is 18.9 Å². The number of rotatable bonds is 7. The second kappa shape index (κ2) is 12.3. The first-order valence-corrected chi connectivity index (χ1v) is 13.9. The first-order valence-electron chi connectivity index (χ1n) is 13.9. The molecular weight excluding hydrogens is 512 g/mol. The number of likely N-dealkylation sites (N-methyl/N-ethyl adjacent to an activating group) is 1. The molecule has 2 N–H and O–H groups in total. The summed E-state index contributed by atoms with van der Waals surface area (Å²) in [5.74, 6) is 9.01. The molecule has 1 aliphatic heterocycles. The molecule has 1 amide bonds. The number of hydrogen-bond acceptors (Lipinski definition) is 6. The predicted molar refractivity (Wildman–Crippen MR) is 164 cm³/mol. The number of benzene rings is 2. The van der Waals surface area contributed by atoms with Crippen molar-refractivity contribution >= 4 is 22.8 Å². The molecule has 1 saturated heterocycles. The summed E-state index contributed by atoms with van der Waals surface area (Å²) in [5, 5.41) is 0.788. The number of para-hydroxylation sites is 1. The van der Waals surface area contributed by atoms with E-state index >= 15 is 0 Å². The molecule has 1 fully saturated rings. The SMILES string of the molecule is CC(C)n1c(C#CC2CCN(C(=O)/C=C/CN(C)C)C2)c(-c2ccc(Oc3ccccc3)cc2)c2c(N)ncnc21. The summed E-state index contributed by atoms with van der Waals surface area (Å²) in [6.45, 7) is 6.27. The fraction of sp³-hybridized carbons (Fsp3) is 0.303. The minimum atomic E-state index is 0.0361. The van der Waals surface area contributed by atoms with Crippen molar-refractivity contribution in [1.29, 1.82) is 0 Å². The zero-order valence-electron chi connectivity index (χ0n) is 24.0. The predicted octanol–water partition coefficient (Wildman–Crippen LogP) is 5.37. The topological polar surface area (TPSA) is 89.5 Å². The van der Waals surface area contributed by atoms with Gasteiger partial charge in [0.25, 0.3) is 0 Å². The molecular formula is C33H36N6O2. The number of nitrogens with two attached hydrogens (primary N) is 1. The monoisotopic (exact) mass is 548 g/mol. The van der Waals surface area contributed by atoms with E-state index in [4.69, 9.17) is 10.5 Å². The maximum atomic E-state index is 12.7. The van der Waals surface area contributed by atoms with Crippen LogP contribution in [0.4, 0.5) is 5.82 Å². The van der Waals surface area contributed by atoms with Crippen molar-refractivity contribution in [1.82, 2.24) is 24.3 Å². The molecule has 0 radical (unpaired) electrons. The van der Waals surface area contributed by atoms with Gasteiger partial charge in [-0.3, -0.25) is 4.79 Å². The molecule has 0 bridgehead atoms. The van der Waals surface area contributed by atoms with Gasteiger partial charge in [-0.05, 0) is 70.1 Å². The van der Waals surface area contributed by atoms with Gasteiger partial charge in [-0.15, -0.1) is 0 Å². The second-order valence-corrected chi connectivity index (χ2v) is 10.8. The van der Waals surface area contributed by atoms with Crippen LogP contribution in [0.3, 0.4) is 0 Å². The summed E-state index contributed by atoms with van der Waals surface area (Å²) in [7, 11) is 3.96. The van der Waals surface area contributed by atoms with Gasteiger partial charge >= 0.3 is 0 Å². The number of fused-ring (bicyclic) bond motifs is 1. The van der Waals surface area contributed by atoms with Gasteiger partial charge in [-0.25, -0.2) is 9.97 Å². The summed E-state index contributed by atoms with van der Waals surface area (Å²) < 4.78 is 8.14. The molecule has 2 aromatic carbocycles. The summed E-state index contributed by atoms with van der Waals surface area (Å²) >= 11 is 0. The molecule has 4 aromatic rings. The Balaban J connectivity index is 1.49. The smallest absolute Gasteiger partial charge is 0.246 e. The molecule has 8 nitrogen and oxygen atoms in total. The second-order valence-electron chi connectivity index (χ2n) is 10.8. The summed E-state index contributed by atoms with van der Waals surface area (Å²) in [6.07, 6.45) is 5.90. The average molecular weight is 549 g/mol. The summed E-state index contributed by atoms with van der Waals surface area (Å²) in [4.78, 5) is 25.5. The van der Waals surface area contributed by atoms with Crippen molar-refractivity contribution in [2.45, 2.75) is 26.3 Å². The number of carbonyl (C=O) groups is 1. The lowest BCUT2D eigenvalue weighted by atomic mass is 10.0. The van der Waals surface area contributed by atoms with E-state index in [2.05, 4.69) is 40.2 Å². The average Bonchev–Trinajstić information content (AvgIpc) is 3.56. The Labute approximate surface area is 241 Å². The van der Waals surface area contributed by atoms with Crippen molar-refractivity contribution < 1.29 is 9.53 Å². The van der Waals surface area contributed by atoms with Gasteiger partial charge in [-0.1, -0.05) is 42.3 Å². The molecule has 3 heterocycles. The lowest BCUT2D eigenvalue weighted by Crippen LogP contribution is -2.27. The maximum Gasteiger partial charge on any atom is 0.246 e. The third-order valence-corrected chi connectivity index (χ3v) is 7.08. The number of likely N-dealkylation sites (tertiary alicyclic amines) is 1. The molecule has 0 spiro atoms. The zero-order chi connectivity index (χ0) is 28.9. The highest BCUT2D eigenvalue weighted by molar-refractivity contribution is 6.03. The standard InChI is InChI=1S/C33H36N6O2/c1-23(2)39-28(17-12-24-18-20-38(21-24)29(40)11-8-19-37(3)4)30(31-32(34)35-22-36-33(31)39)25-13-15-27(16-14-25)41-26-9-6-5-7-10-26/h5-11,13-16,22-24H,18-21H2,1-4H3,(H2,34,35,36)/b11-8+. The number of nitrogen functional groups attached to an aromatic ring is 1. The van der Waals surface area contributed by atoms with E-state index in [9.17, 15) is 4.79 Å². The molecule has 1 aliphatic rings. The lowest BCUT2D eigenvalue weighted by Gasteiger charge is -2.13. The van der Waals surface area contributed by atoms with Crippen LogP contribution >= 0.6 is 0 Å². The minimum absolute atomic E-state index is 0.0361. The number of aromatic nitrogens is 3. The largest absolute Gasteiger partial charge is 0.457 e. The van der Waals surface area contributed by atoms with E-state index < -0.39 is 0 Å². The molecule has 41 heavy (non-hydrogen) atoms. The van der Waals surface area contributed by atoms with Crippen LogP contribution in [0.5, 0.6) is 11.5 Å². The number of anilines is 1. The van der Waals surface area contributed by atoms with Crippen LogP contribution in [0.2, 0.25) is 0 Å². The first kappa shape index (κ1) is 27.9. The Morgan fingerprint density at radius 1 is 1.12 bits per heavy atom. The van der Waals surface area contributed by atoms with Gasteiger partial charge in [0.2, 0.25) is 5.91 Å². The van der Waals surface area contributed by atoms with Crippen molar-refractivity contribution in [3.63, 3.8) is 0 Å². The number of hydrogen-bond donors (Lipinski definition) is 1. The molecule has 8 heteroatoms. The molecule has 0 aliphatic carbocycles. The molecule has 0 saturated carbocycles. The minimum Gasteiger partial charge on any atom is -0.457 e. The fourth-order valence-corrected chi connectivity index (χ4v) is 5.10. The third-order valence-electron chi connectivity index (χ3n) is 7.08. The Hall–Kier alpha value is -4.61. The number of nitrogens with zero attached hydrogens (tertiary/aromatic N) is 5. The Kier molecular flexibility index (Phi) is 8.37. The molecule has 1 atom stereocenters. The Bertz CT molecular complexity index is 1610. The zero-order valence-corrected chi connectivity index (χ0v) is 24.0. The van der Waals surface area contributed by atoms with E-state index in [-0.39, 0.29) is 17.9 Å². The maximum absolute atomic E-state index is 12.7. The van der Waals surface area contributed by atoms with E-state index in [1.165, 1.54) is 6.33 Å². The van der Waals surface area contributed by atoms with Gasteiger partial charge in [0, 0.05) is 43.2 Å². The Morgan fingerprint density at radius 3 is 2.56 bits per heavy atom. The lowest BCUT2D eigenvalue weighted by molar-refractivity contribution is -0.125. The normalized spacial score (nSPS) is 15.2. The highest BCUT2D eigenvalue weighted by atomic mass is 16.5. The van der Waals surface area contributed by atoms with E-state index in [1.54, 1.807) is 6.08 Å². The van der Waals surface area contributed by atoms with Gasteiger partial charge in [0.15, 0.2) is 0 Å². The first-order chi connectivity index (χ1) is 19.8. The van der Waals surface area contributed by atoms with Crippen LogP contribution in [0.1, 0.15) is 32.0 Å². The Morgan fingerprint density at radius 2 is 1.85 bits per heavy atom. The van der Waals surface area contributed by atoms with Crippen LogP contribution in [0, 0.1) is 17.8 Å². The highest BCUT2D eigenvalue weighted by Gasteiger charge is 2.25. The number of carbonyl (C=O) groups excluding carboxylic acids is 1. The van der Waals surface area contributed by atoms with Crippen molar-refractivity contribution in [3.8, 4) is 34.5 Å². The van der Waals surface area contributed by atoms with Gasteiger partial charge in [0.05, 0.1) is 5.39 Å². The quantitative estimate of drug-likeness (QED) is 0.247. The van der Waals surface area contributed by atoms with Crippen LogP contribution in [-0.4, -0.2) is 64.0 Å². The summed E-state index contributed by atoms with van der Waals surface area (Å²) in [5.41, 5.74) is 9.90. The third kappa shape index (κ3) is 6.26. The molecule has 2 aromatic heterocycles. The van der Waals surface area contributed by atoms with Gasteiger partial charge in [-0.2, -0.15) is 0 Å². The van der Waals surface area contributed by atoms with E-state index in [1.807, 2.05) is 84.6 Å². The fourth-order valence-electron chi connectivity index (χ4n) is 5.10. The molecule has 210 valence electrons. The number of ether oxygens (including phenoxy) is 1. The summed E-state index contributed by atoms with van der Waals surface area (Å²) in [6, 6.07) is 17.7. The van der Waals surface area contributed by atoms with Crippen molar-refractivity contribution in [2.24, 2.45) is 5.92 Å². The van der Waals surface area contributed by atoms with E-state index in [0.717, 1.165) is 52.3 Å². The van der Waals surface area contributed by atoms with Crippen LogP contribution in [0.25, 0.3) is 22.2 Å². The van der Waals surface area contributed by atoms with Crippen molar-refractivity contribution in [2.75, 3.05) is 39.5 Å². The van der Waals surface area contributed by atoms with Gasteiger partial charge in [0.1, 0.15) is 35.0 Å².